The van der Waals surface area contributed by atoms with E-state index in [4.69, 9.17) is 4.74 Å². The first kappa shape index (κ1) is 15.7. The normalized spacial score (nSPS) is 19.7. The Hall–Kier alpha value is -2.15. The van der Waals surface area contributed by atoms with Crippen molar-refractivity contribution in [3.05, 3.63) is 36.2 Å². The van der Waals surface area contributed by atoms with Gasteiger partial charge >= 0.3 is 0 Å². The number of carbonyl (C=O) groups excluding carboxylic acids is 1. The van der Waals surface area contributed by atoms with E-state index in [9.17, 15) is 4.79 Å². The maximum Gasteiger partial charge on any atom is 0.224 e. The van der Waals surface area contributed by atoms with Gasteiger partial charge in [-0.3, -0.25) is 9.89 Å². The number of aryl methyl sites for hydroxylation is 1. The largest absolute Gasteiger partial charge is 0.366 e. The molecule has 3 heterocycles. The molecule has 7 heteroatoms. The summed E-state index contributed by atoms with van der Waals surface area (Å²) in [4.78, 5) is 18.8. The fourth-order valence-corrected chi connectivity index (χ4v) is 2.77. The van der Waals surface area contributed by atoms with E-state index in [2.05, 4.69) is 26.7 Å². The number of hydrogen-bond acceptors (Lipinski definition) is 4. The summed E-state index contributed by atoms with van der Waals surface area (Å²) in [5.74, 6) is 1.62. The van der Waals surface area contributed by atoms with Gasteiger partial charge in [0, 0.05) is 37.8 Å². The Morgan fingerprint density at radius 3 is 2.96 bits per heavy atom. The number of carbonyl (C=O) groups is 1. The number of rotatable bonds is 5. The fraction of sp³-hybridized carbons (Fsp3) is 0.562. The average molecular weight is 317 g/mol. The molecule has 7 nitrogen and oxygen atoms in total. The summed E-state index contributed by atoms with van der Waals surface area (Å²) in [6.07, 6.45) is 5.01. The van der Waals surface area contributed by atoms with E-state index in [-0.39, 0.29) is 18.1 Å². The minimum atomic E-state index is -0.244. The van der Waals surface area contributed by atoms with Crippen LogP contribution in [0.15, 0.2) is 24.5 Å². The number of aromatic amines is 1. The van der Waals surface area contributed by atoms with Gasteiger partial charge in [0.2, 0.25) is 5.91 Å². The first-order chi connectivity index (χ1) is 11.2. The van der Waals surface area contributed by atoms with Crippen LogP contribution in [0.1, 0.15) is 44.1 Å². The number of ether oxygens (including phenoxy) is 1. The first-order valence-electron chi connectivity index (χ1n) is 8.10. The van der Waals surface area contributed by atoms with Gasteiger partial charge in [-0.1, -0.05) is 6.92 Å². The highest BCUT2D eigenvalue weighted by molar-refractivity contribution is 5.76. The summed E-state index contributed by atoms with van der Waals surface area (Å²) in [5, 5.41) is 7.10. The van der Waals surface area contributed by atoms with Gasteiger partial charge in [-0.25, -0.2) is 4.98 Å². The summed E-state index contributed by atoms with van der Waals surface area (Å²) < 4.78 is 7.79. The third-order valence-electron chi connectivity index (χ3n) is 4.20. The van der Waals surface area contributed by atoms with E-state index in [0.717, 1.165) is 12.2 Å². The van der Waals surface area contributed by atoms with Crippen molar-refractivity contribution in [1.29, 1.82) is 0 Å². The average Bonchev–Trinajstić information content (AvgIpc) is 3.26. The number of amides is 1. The Morgan fingerprint density at radius 1 is 1.48 bits per heavy atom. The molecule has 1 fully saturated rings. The third kappa shape index (κ3) is 3.61. The monoisotopic (exact) mass is 317 g/mol. The van der Waals surface area contributed by atoms with Crippen molar-refractivity contribution >= 4 is 5.91 Å². The van der Waals surface area contributed by atoms with E-state index >= 15 is 0 Å². The molecular weight excluding hydrogens is 294 g/mol. The highest BCUT2D eigenvalue weighted by Gasteiger charge is 2.28. The Bertz CT molecular complexity index is 637. The van der Waals surface area contributed by atoms with Gasteiger partial charge in [-0.2, -0.15) is 5.10 Å². The number of H-pyrrole nitrogens is 1. The lowest BCUT2D eigenvalue weighted by Gasteiger charge is -2.32. The van der Waals surface area contributed by atoms with Gasteiger partial charge in [0.15, 0.2) is 5.82 Å². The Labute approximate surface area is 135 Å². The van der Waals surface area contributed by atoms with Crippen LogP contribution in [0.2, 0.25) is 0 Å². The van der Waals surface area contributed by atoms with Gasteiger partial charge in [0.1, 0.15) is 11.9 Å². The van der Waals surface area contributed by atoms with Crippen molar-refractivity contribution < 1.29 is 9.53 Å². The van der Waals surface area contributed by atoms with Crippen LogP contribution in [-0.4, -0.2) is 50.3 Å². The molecule has 0 radical (unpaired) electrons. The van der Waals surface area contributed by atoms with Crippen molar-refractivity contribution in [3.63, 3.8) is 0 Å². The molecule has 0 aliphatic carbocycles. The Morgan fingerprint density at radius 2 is 2.26 bits per heavy atom. The van der Waals surface area contributed by atoms with E-state index < -0.39 is 0 Å². The molecule has 1 amide bonds. The van der Waals surface area contributed by atoms with Gasteiger partial charge in [0.25, 0.3) is 0 Å². The molecule has 0 spiro atoms. The molecule has 0 saturated carbocycles. The number of morpholine rings is 1. The number of nitrogens with one attached hydrogen (secondary N) is 1. The lowest BCUT2D eigenvalue weighted by molar-refractivity contribution is -0.140. The van der Waals surface area contributed by atoms with Crippen molar-refractivity contribution in [2.45, 2.75) is 38.8 Å². The van der Waals surface area contributed by atoms with Crippen LogP contribution in [0.5, 0.6) is 0 Å². The predicted octanol–water partition coefficient (Wildman–Crippen LogP) is 1.72. The lowest BCUT2D eigenvalue weighted by Crippen LogP contribution is -2.43. The van der Waals surface area contributed by atoms with Crippen molar-refractivity contribution in [1.82, 2.24) is 24.6 Å². The van der Waals surface area contributed by atoms with Crippen LogP contribution < -0.4 is 0 Å². The lowest BCUT2D eigenvalue weighted by atomic mass is 10.2. The standard InChI is InChI=1S/C16H23N5O2/c1-3-14-17-16(19-18-14)13-11-21(8-9-23-13)15(22)10-12(2)20-6-4-5-7-20/h4-7,12-13H,3,8-11H2,1-2H3,(H,17,18,19)/t12-,13-/m1/s1. The molecular formula is C16H23N5O2. The Balaban J connectivity index is 1.60. The molecule has 3 rings (SSSR count). The summed E-state index contributed by atoms with van der Waals surface area (Å²) >= 11 is 0. The molecule has 124 valence electrons. The van der Waals surface area contributed by atoms with Gasteiger partial charge < -0.3 is 14.2 Å². The van der Waals surface area contributed by atoms with E-state index in [1.165, 1.54) is 0 Å². The molecule has 2 aromatic heterocycles. The van der Waals surface area contributed by atoms with Crippen LogP contribution in [-0.2, 0) is 16.0 Å². The van der Waals surface area contributed by atoms with E-state index in [0.29, 0.717) is 31.9 Å². The van der Waals surface area contributed by atoms with Crippen LogP contribution >= 0.6 is 0 Å². The second-order valence-electron chi connectivity index (χ2n) is 5.88. The van der Waals surface area contributed by atoms with Crippen LogP contribution in [0.3, 0.4) is 0 Å². The maximum atomic E-state index is 12.6. The van der Waals surface area contributed by atoms with E-state index in [1.807, 2.05) is 36.4 Å². The summed E-state index contributed by atoms with van der Waals surface area (Å²) in [5.41, 5.74) is 0. The van der Waals surface area contributed by atoms with Crippen LogP contribution in [0.25, 0.3) is 0 Å². The van der Waals surface area contributed by atoms with Crippen molar-refractivity contribution in [2.24, 2.45) is 0 Å². The zero-order chi connectivity index (χ0) is 16.2. The molecule has 0 bridgehead atoms. The van der Waals surface area contributed by atoms with E-state index in [1.54, 1.807) is 0 Å². The zero-order valence-electron chi connectivity index (χ0n) is 13.6. The van der Waals surface area contributed by atoms with Crippen molar-refractivity contribution in [2.75, 3.05) is 19.7 Å². The molecule has 2 aromatic rings. The Kier molecular flexibility index (Phi) is 4.76. The topological polar surface area (TPSA) is 76.0 Å². The molecule has 23 heavy (non-hydrogen) atoms. The van der Waals surface area contributed by atoms with Gasteiger partial charge in [-0.05, 0) is 19.1 Å². The second-order valence-corrected chi connectivity index (χ2v) is 5.88. The third-order valence-corrected chi connectivity index (χ3v) is 4.20. The molecule has 1 N–H and O–H groups in total. The van der Waals surface area contributed by atoms with Crippen LogP contribution in [0.4, 0.5) is 0 Å². The first-order valence-corrected chi connectivity index (χ1v) is 8.10. The minimum Gasteiger partial charge on any atom is -0.366 e. The number of aromatic nitrogens is 4. The van der Waals surface area contributed by atoms with Gasteiger partial charge in [-0.15, -0.1) is 0 Å². The highest BCUT2D eigenvalue weighted by atomic mass is 16.5. The second kappa shape index (κ2) is 6.95. The summed E-state index contributed by atoms with van der Waals surface area (Å²) in [7, 11) is 0. The molecule has 1 aliphatic rings. The zero-order valence-corrected chi connectivity index (χ0v) is 13.6. The van der Waals surface area contributed by atoms with Crippen LogP contribution in [0, 0.1) is 0 Å². The molecule has 0 unspecified atom stereocenters. The highest BCUT2D eigenvalue weighted by Crippen LogP contribution is 2.21. The summed E-state index contributed by atoms with van der Waals surface area (Å²) in [6.45, 7) is 5.73. The smallest absolute Gasteiger partial charge is 0.224 e. The van der Waals surface area contributed by atoms with Gasteiger partial charge in [0.05, 0.1) is 13.2 Å². The van der Waals surface area contributed by atoms with Crippen molar-refractivity contribution in [3.8, 4) is 0 Å². The minimum absolute atomic E-state index is 0.144. The molecule has 0 aromatic carbocycles. The number of hydrogen-bond donors (Lipinski definition) is 1. The SMILES string of the molecule is CCc1nc([C@H]2CN(C(=O)C[C@@H](C)n3cccc3)CCO2)n[nH]1. The molecule has 1 aliphatic heterocycles. The summed E-state index contributed by atoms with van der Waals surface area (Å²) in [6, 6.07) is 4.09. The quantitative estimate of drug-likeness (QED) is 0.911. The number of nitrogens with zero attached hydrogens (tertiary/aromatic N) is 4. The maximum absolute atomic E-state index is 12.6. The predicted molar refractivity (Wildman–Crippen MR) is 84.8 cm³/mol. The fourth-order valence-electron chi connectivity index (χ4n) is 2.77. The molecule has 1 saturated heterocycles. The molecule has 2 atom stereocenters.